The minimum Gasteiger partial charge on any atom is -0.480 e. The highest BCUT2D eigenvalue weighted by atomic mass is 16.5. The number of carboxylic acids is 1. The van der Waals surface area contributed by atoms with Gasteiger partial charge in [-0.05, 0) is 12.1 Å². The lowest BCUT2D eigenvalue weighted by Crippen LogP contribution is -2.53. The number of para-hydroxylation sites is 1. The van der Waals surface area contributed by atoms with Crippen LogP contribution in [0.1, 0.15) is 0 Å². The number of carbonyl (C=O) groups is 2. The van der Waals surface area contributed by atoms with Gasteiger partial charge in [0.1, 0.15) is 6.54 Å². The first-order valence-electron chi connectivity index (χ1n) is 7.26. The lowest BCUT2D eigenvalue weighted by Gasteiger charge is -2.33. The molecule has 23 heavy (non-hydrogen) atoms. The van der Waals surface area contributed by atoms with Gasteiger partial charge in [-0.1, -0.05) is 12.1 Å². The Balaban J connectivity index is 1.90. The van der Waals surface area contributed by atoms with E-state index in [0.717, 1.165) is 0 Å². The molecule has 120 valence electrons. The number of carbonyl (C=O) groups excluding carboxylic acids is 1. The number of nitrogens with zero attached hydrogens (tertiary/aromatic N) is 2. The van der Waals surface area contributed by atoms with Crippen molar-refractivity contribution in [3.63, 3.8) is 0 Å². The third-order valence-corrected chi connectivity index (χ3v) is 3.92. The number of aliphatic carboxylic acids is 1. The minimum atomic E-state index is -1.08. The highest BCUT2D eigenvalue weighted by molar-refractivity contribution is 5.85. The molecular formula is C16H16N2O5. The summed E-state index contributed by atoms with van der Waals surface area (Å²) in [5.74, 6) is -1.39. The number of pyridine rings is 1. The van der Waals surface area contributed by atoms with E-state index in [1.54, 1.807) is 35.0 Å². The van der Waals surface area contributed by atoms with Crippen LogP contribution in [0.15, 0.2) is 41.3 Å². The standard InChI is InChI=1S/C16H16N2O5/c19-14-5-6-17(12-4-2-1-3-11(12)14)9-15(20)18-7-8-23-10-13(18)16(21)22/h1-6,13H,7-10H2,(H,21,22)/t13-/m0/s1. The topological polar surface area (TPSA) is 88.8 Å². The van der Waals surface area contributed by atoms with E-state index in [4.69, 9.17) is 4.74 Å². The molecule has 0 saturated carbocycles. The first-order chi connectivity index (χ1) is 11.1. The molecule has 0 spiro atoms. The first kappa shape index (κ1) is 15.2. The van der Waals surface area contributed by atoms with E-state index in [-0.39, 0.29) is 31.0 Å². The summed E-state index contributed by atoms with van der Waals surface area (Å²) < 4.78 is 6.80. The Labute approximate surface area is 131 Å². The van der Waals surface area contributed by atoms with Crippen molar-refractivity contribution in [1.29, 1.82) is 0 Å². The maximum atomic E-state index is 12.5. The molecule has 7 heteroatoms. The molecule has 7 nitrogen and oxygen atoms in total. The van der Waals surface area contributed by atoms with Gasteiger partial charge in [0.15, 0.2) is 11.5 Å². The molecule has 1 aromatic carbocycles. The second kappa shape index (κ2) is 6.21. The van der Waals surface area contributed by atoms with Crippen molar-refractivity contribution in [1.82, 2.24) is 9.47 Å². The molecule has 2 heterocycles. The Kier molecular flexibility index (Phi) is 4.12. The molecule has 2 aromatic rings. The van der Waals surface area contributed by atoms with Crippen molar-refractivity contribution in [3.8, 4) is 0 Å². The lowest BCUT2D eigenvalue weighted by atomic mass is 10.2. The molecule has 0 unspecified atom stereocenters. The molecule has 1 N–H and O–H groups in total. The van der Waals surface area contributed by atoms with E-state index < -0.39 is 12.0 Å². The highest BCUT2D eigenvalue weighted by Gasteiger charge is 2.32. The van der Waals surface area contributed by atoms with E-state index in [1.807, 2.05) is 0 Å². The molecule has 1 amide bonds. The van der Waals surface area contributed by atoms with E-state index in [1.165, 1.54) is 11.0 Å². The number of aromatic nitrogens is 1. The highest BCUT2D eigenvalue weighted by Crippen LogP contribution is 2.12. The van der Waals surface area contributed by atoms with Gasteiger partial charge in [0.05, 0.1) is 18.7 Å². The van der Waals surface area contributed by atoms with Crippen LogP contribution in [0.4, 0.5) is 0 Å². The number of morpholine rings is 1. The van der Waals surface area contributed by atoms with Gasteiger partial charge in [-0.15, -0.1) is 0 Å². The van der Waals surface area contributed by atoms with Gasteiger partial charge in [-0.25, -0.2) is 4.79 Å². The van der Waals surface area contributed by atoms with Gasteiger partial charge >= 0.3 is 5.97 Å². The fourth-order valence-corrected chi connectivity index (χ4v) is 2.74. The van der Waals surface area contributed by atoms with Crippen molar-refractivity contribution in [2.45, 2.75) is 12.6 Å². The second-order valence-electron chi connectivity index (χ2n) is 5.34. The Morgan fingerprint density at radius 2 is 2.04 bits per heavy atom. The van der Waals surface area contributed by atoms with Gasteiger partial charge in [0, 0.05) is 24.2 Å². The third kappa shape index (κ3) is 2.95. The van der Waals surface area contributed by atoms with Crippen LogP contribution >= 0.6 is 0 Å². The maximum absolute atomic E-state index is 12.5. The molecule has 1 fully saturated rings. The molecule has 1 aliphatic heterocycles. The molecule has 0 bridgehead atoms. The SMILES string of the molecule is O=C(O)[C@@H]1COCCN1C(=O)Cn1ccc(=O)c2ccccc21. The summed E-state index contributed by atoms with van der Waals surface area (Å²) in [5, 5.41) is 9.74. The van der Waals surface area contributed by atoms with E-state index in [0.29, 0.717) is 17.5 Å². The smallest absolute Gasteiger partial charge is 0.328 e. The summed E-state index contributed by atoms with van der Waals surface area (Å²) in [6, 6.07) is 7.45. The molecule has 3 rings (SSSR count). The molecule has 1 aliphatic rings. The first-order valence-corrected chi connectivity index (χ1v) is 7.26. The second-order valence-corrected chi connectivity index (χ2v) is 5.34. The predicted octanol–water partition coefficient (Wildman–Crippen LogP) is 0.314. The average Bonchev–Trinajstić information content (AvgIpc) is 2.57. The Morgan fingerprint density at radius 3 is 2.83 bits per heavy atom. The van der Waals surface area contributed by atoms with Crippen LogP contribution in [0.3, 0.4) is 0 Å². The monoisotopic (exact) mass is 316 g/mol. The van der Waals surface area contributed by atoms with Gasteiger partial charge in [-0.3, -0.25) is 9.59 Å². The Morgan fingerprint density at radius 1 is 1.26 bits per heavy atom. The van der Waals surface area contributed by atoms with Crippen molar-refractivity contribution in [2.24, 2.45) is 0 Å². The van der Waals surface area contributed by atoms with Gasteiger partial charge in [-0.2, -0.15) is 0 Å². The third-order valence-electron chi connectivity index (χ3n) is 3.92. The van der Waals surface area contributed by atoms with Crippen LogP contribution in [-0.4, -0.2) is 52.3 Å². The van der Waals surface area contributed by atoms with E-state index in [2.05, 4.69) is 0 Å². The number of benzene rings is 1. The molecule has 0 aliphatic carbocycles. The zero-order valence-electron chi connectivity index (χ0n) is 12.3. The lowest BCUT2D eigenvalue weighted by molar-refractivity contribution is -0.158. The normalized spacial score (nSPS) is 18.1. The molecule has 0 radical (unpaired) electrons. The quantitative estimate of drug-likeness (QED) is 0.880. The van der Waals surface area contributed by atoms with Gasteiger partial charge in [0.2, 0.25) is 5.91 Å². The maximum Gasteiger partial charge on any atom is 0.328 e. The molecule has 1 aromatic heterocycles. The fraction of sp³-hybridized carbons (Fsp3) is 0.312. The molecular weight excluding hydrogens is 300 g/mol. The number of amides is 1. The number of ether oxygens (including phenoxy) is 1. The van der Waals surface area contributed by atoms with Crippen molar-refractivity contribution < 1.29 is 19.4 Å². The Hall–Kier alpha value is -2.67. The summed E-state index contributed by atoms with van der Waals surface area (Å²) in [6.07, 6.45) is 1.55. The number of carboxylic acid groups (broad SMARTS) is 1. The molecule has 1 atom stereocenters. The van der Waals surface area contributed by atoms with Crippen LogP contribution in [0.25, 0.3) is 10.9 Å². The van der Waals surface area contributed by atoms with Crippen molar-refractivity contribution >= 4 is 22.8 Å². The Bertz CT molecular complexity index is 813. The van der Waals surface area contributed by atoms with Gasteiger partial charge < -0.3 is 19.3 Å². The largest absolute Gasteiger partial charge is 0.480 e. The van der Waals surface area contributed by atoms with Crippen molar-refractivity contribution in [2.75, 3.05) is 19.8 Å². The summed E-state index contributed by atoms with van der Waals surface area (Å²) in [5.41, 5.74) is 0.535. The van der Waals surface area contributed by atoms with Crippen LogP contribution in [-0.2, 0) is 20.9 Å². The van der Waals surface area contributed by atoms with Crippen LogP contribution in [0.5, 0.6) is 0 Å². The fourth-order valence-electron chi connectivity index (χ4n) is 2.74. The number of fused-ring (bicyclic) bond motifs is 1. The summed E-state index contributed by atoms with van der Waals surface area (Å²) >= 11 is 0. The number of hydrogen-bond donors (Lipinski definition) is 1. The van der Waals surface area contributed by atoms with Crippen molar-refractivity contribution in [3.05, 3.63) is 46.8 Å². The van der Waals surface area contributed by atoms with E-state index in [9.17, 15) is 19.5 Å². The predicted molar refractivity (Wildman–Crippen MR) is 82.2 cm³/mol. The summed E-state index contributed by atoms with van der Waals surface area (Å²) in [4.78, 5) is 37.0. The number of hydrogen-bond acceptors (Lipinski definition) is 4. The van der Waals surface area contributed by atoms with E-state index >= 15 is 0 Å². The summed E-state index contributed by atoms with van der Waals surface area (Å²) in [6.45, 7) is 0.533. The van der Waals surface area contributed by atoms with Crippen LogP contribution in [0, 0.1) is 0 Å². The van der Waals surface area contributed by atoms with Crippen LogP contribution < -0.4 is 5.43 Å². The minimum absolute atomic E-state index is 0.00795. The molecule has 1 saturated heterocycles. The van der Waals surface area contributed by atoms with Crippen LogP contribution in [0.2, 0.25) is 0 Å². The average molecular weight is 316 g/mol. The zero-order valence-corrected chi connectivity index (χ0v) is 12.3. The van der Waals surface area contributed by atoms with Gasteiger partial charge in [0.25, 0.3) is 0 Å². The summed E-state index contributed by atoms with van der Waals surface area (Å²) in [7, 11) is 0. The zero-order chi connectivity index (χ0) is 16.4. The number of rotatable bonds is 3.